The average molecular weight is 807 g/mol. The van der Waals surface area contributed by atoms with Crippen molar-refractivity contribution in [2.75, 3.05) is 13.2 Å². The summed E-state index contributed by atoms with van der Waals surface area (Å²) in [6, 6.07) is 0. The number of esters is 3. The Morgan fingerprint density at radius 2 is 0.672 bits per heavy atom. The Morgan fingerprint density at radius 3 is 1.09 bits per heavy atom. The number of rotatable bonds is 41. The molecule has 330 valence electrons. The topological polar surface area (TPSA) is 78.9 Å². The maximum absolute atomic E-state index is 12.7. The summed E-state index contributed by atoms with van der Waals surface area (Å²) < 4.78 is 16.7. The van der Waals surface area contributed by atoms with Crippen LogP contribution < -0.4 is 0 Å². The zero-order chi connectivity index (χ0) is 42.3. The molecule has 0 aliphatic carbocycles. The molecule has 0 aromatic heterocycles. The summed E-state index contributed by atoms with van der Waals surface area (Å²) >= 11 is 0. The van der Waals surface area contributed by atoms with Crippen molar-refractivity contribution in [2.45, 2.75) is 213 Å². The highest BCUT2D eigenvalue weighted by Gasteiger charge is 2.19. The summed E-state index contributed by atoms with van der Waals surface area (Å²) in [5.74, 6) is -0.946. The number of carbonyl (C=O) groups excluding carboxylic acids is 3. The van der Waals surface area contributed by atoms with Gasteiger partial charge in [0.1, 0.15) is 13.2 Å². The second kappa shape index (κ2) is 46.3. The molecule has 1 atom stereocenters. The zero-order valence-corrected chi connectivity index (χ0v) is 37.5. The van der Waals surface area contributed by atoms with E-state index in [0.29, 0.717) is 19.3 Å². The van der Waals surface area contributed by atoms with Crippen molar-refractivity contribution >= 4 is 17.9 Å². The molecule has 0 spiro atoms. The second-order valence-corrected chi connectivity index (χ2v) is 15.4. The summed E-state index contributed by atoms with van der Waals surface area (Å²) in [6.45, 7) is 6.39. The van der Waals surface area contributed by atoms with Gasteiger partial charge in [-0.15, -0.1) is 0 Å². The second-order valence-electron chi connectivity index (χ2n) is 15.4. The number of allylic oxidation sites excluding steroid dienone is 14. The molecule has 6 nitrogen and oxygen atoms in total. The van der Waals surface area contributed by atoms with E-state index in [4.69, 9.17) is 14.2 Å². The minimum absolute atomic E-state index is 0.0929. The molecule has 0 radical (unpaired) electrons. The highest BCUT2D eigenvalue weighted by molar-refractivity contribution is 5.71. The van der Waals surface area contributed by atoms with Crippen LogP contribution in [-0.2, 0) is 28.6 Å². The Labute approximate surface area is 356 Å². The number of unbranched alkanes of at least 4 members (excludes halogenated alkanes) is 21. The Bertz CT molecular complexity index is 1160. The third-order valence-corrected chi connectivity index (χ3v) is 9.79. The maximum atomic E-state index is 12.7. The fourth-order valence-electron chi connectivity index (χ4n) is 6.22. The lowest BCUT2D eigenvalue weighted by molar-refractivity contribution is -0.167. The number of carbonyl (C=O) groups is 3. The minimum Gasteiger partial charge on any atom is -0.462 e. The number of ether oxygens (including phenoxy) is 3. The van der Waals surface area contributed by atoms with Gasteiger partial charge in [0.15, 0.2) is 6.10 Å². The van der Waals surface area contributed by atoms with E-state index in [0.717, 1.165) is 109 Å². The summed E-state index contributed by atoms with van der Waals surface area (Å²) in [4.78, 5) is 37.8. The van der Waals surface area contributed by atoms with E-state index in [1.54, 1.807) is 0 Å². The van der Waals surface area contributed by atoms with E-state index in [9.17, 15) is 14.4 Å². The predicted molar refractivity (Wildman–Crippen MR) is 247 cm³/mol. The van der Waals surface area contributed by atoms with Gasteiger partial charge in [-0.3, -0.25) is 14.4 Å². The molecule has 0 fully saturated rings. The van der Waals surface area contributed by atoms with Gasteiger partial charge in [0.25, 0.3) is 0 Å². The van der Waals surface area contributed by atoms with E-state index in [1.807, 2.05) is 0 Å². The van der Waals surface area contributed by atoms with Crippen molar-refractivity contribution < 1.29 is 28.6 Å². The van der Waals surface area contributed by atoms with E-state index >= 15 is 0 Å². The standard InChI is InChI=1S/C52H86O6/c1-4-7-10-13-16-19-21-23-24-25-26-27-29-30-33-36-39-42-45-51(54)57-48-49(47-56-50(53)44-41-38-35-32-18-15-12-9-6-3)58-52(55)46-43-40-37-34-31-28-22-20-17-14-11-8-5-2/h8,11,14,16-17,19-27,49H,4-7,9-10,12-13,15,18,28-48H2,1-3H3/b11-8-,17-14-,19-16-,22-20-,23-21-,25-24-,27-26-. The highest BCUT2D eigenvalue weighted by atomic mass is 16.6. The molecule has 0 aromatic carbocycles. The summed E-state index contributed by atoms with van der Waals surface area (Å²) in [5.41, 5.74) is 0. The van der Waals surface area contributed by atoms with Crippen LogP contribution in [0.1, 0.15) is 207 Å². The molecule has 58 heavy (non-hydrogen) atoms. The van der Waals surface area contributed by atoms with Gasteiger partial charge >= 0.3 is 17.9 Å². The SMILES string of the molecule is CC\C=C/C=C\C=C/CCCCCCCC(=O)OC(COC(=O)CCCCCCC\C=C/C=C\C=C/C=C\CCCCC)COC(=O)CCCCCCCCCCC. The fourth-order valence-corrected chi connectivity index (χ4v) is 6.22. The largest absolute Gasteiger partial charge is 0.462 e. The lowest BCUT2D eigenvalue weighted by Gasteiger charge is -2.18. The lowest BCUT2D eigenvalue weighted by Crippen LogP contribution is -2.30. The predicted octanol–water partition coefficient (Wildman–Crippen LogP) is 15.3. The molecule has 0 heterocycles. The van der Waals surface area contributed by atoms with Crippen molar-refractivity contribution in [3.63, 3.8) is 0 Å². The van der Waals surface area contributed by atoms with Crippen molar-refractivity contribution in [3.8, 4) is 0 Å². The molecule has 0 saturated carbocycles. The maximum Gasteiger partial charge on any atom is 0.306 e. The molecule has 0 aliphatic rings. The average Bonchev–Trinajstić information content (AvgIpc) is 3.22. The van der Waals surface area contributed by atoms with Gasteiger partial charge in [-0.25, -0.2) is 0 Å². The smallest absolute Gasteiger partial charge is 0.306 e. The molecule has 6 heteroatoms. The van der Waals surface area contributed by atoms with Crippen LogP contribution in [0.2, 0.25) is 0 Å². The summed E-state index contributed by atoms with van der Waals surface area (Å²) in [7, 11) is 0. The van der Waals surface area contributed by atoms with E-state index in [2.05, 4.69) is 106 Å². The first-order valence-corrected chi connectivity index (χ1v) is 23.7. The molecular formula is C52H86O6. The van der Waals surface area contributed by atoms with Crippen LogP contribution in [0.25, 0.3) is 0 Å². The Morgan fingerprint density at radius 1 is 0.362 bits per heavy atom. The Hall–Kier alpha value is -3.41. The van der Waals surface area contributed by atoms with Crippen LogP contribution >= 0.6 is 0 Å². The van der Waals surface area contributed by atoms with Crippen LogP contribution in [0, 0.1) is 0 Å². The normalized spacial score (nSPS) is 12.8. The molecular weight excluding hydrogens is 721 g/mol. The monoisotopic (exact) mass is 807 g/mol. The zero-order valence-electron chi connectivity index (χ0n) is 37.5. The molecule has 0 aromatic rings. The van der Waals surface area contributed by atoms with Crippen molar-refractivity contribution in [2.24, 2.45) is 0 Å². The van der Waals surface area contributed by atoms with Crippen LogP contribution in [0.3, 0.4) is 0 Å². The first-order valence-electron chi connectivity index (χ1n) is 23.7. The Kier molecular flexibility index (Phi) is 43.6. The van der Waals surface area contributed by atoms with Gasteiger partial charge < -0.3 is 14.2 Å². The molecule has 0 N–H and O–H groups in total. The number of hydrogen-bond donors (Lipinski definition) is 0. The third-order valence-electron chi connectivity index (χ3n) is 9.79. The van der Waals surface area contributed by atoms with Crippen LogP contribution in [0.4, 0.5) is 0 Å². The summed E-state index contributed by atoms with van der Waals surface area (Å²) in [6.07, 6.45) is 58.5. The van der Waals surface area contributed by atoms with Gasteiger partial charge in [-0.1, -0.05) is 209 Å². The molecule has 0 amide bonds. The molecule has 0 aliphatic heterocycles. The minimum atomic E-state index is -0.794. The van der Waals surface area contributed by atoms with E-state index < -0.39 is 6.10 Å². The van der Waals surface area contributed by atoms with Crippen LogP contribution in [-0.4, -0.2) is 37.2 Å². The highest BCUT2D eigenvalue weighted by Crippen LogP contribution is 2.13. The lowest BCUT2D eigenvalue weighted by atomic mass is 10.1. The summed E-state index contributed by atoms with van der Waals surface area (Å²) in [5, 5.41) is 0. The fraction of sp³-hybridized carbons (Fsp3) is 0.673. The third kappa shape index (κ3) is 43.7. The van der Waals surface area contributed by atoms with Gasteiger partial charge in [0.2, 0.25) is 0 Å². The van der Waals surface area contributed by atoms with Crippen LogP contribution in [0.5, 0.6) is 0 Å². The molecule has 0 saturated heterocycles. The van der Waals surface area contributed by atoms with Gasteiger partial charge in [-0.2, -0.15) is 0 Å². The van der Waals surface area contributed by atoms with Gasteiger partial charge in [-0.05, 0) is 64.2 Å². The van der Waals surface area contributed by atoms with E-state index in [-0.39, 0.29) is 31.1 Å². The quantitative estimate of drug-likeness (QED) is 0.0265. The van der Waals surface area contributed by atoms with Crippen molar-refractivity contribution in [1.82, 2.24) is 0 Å². The molecule has 0 bridgehead atoms. The first-order chi connectivity index (χ1) is 28.5. The molecule has 1 unspecified atom stereocenters. The van der Waals surface area contributed by atoms with Crippen molar-refractivity contribution in [3.05, 3.63) is 85.1 Å². The van der Waals surface area contributed by atoms with Gasteiger partial charge in [0.05, 0.1) is 0 Å². The number of hydrogen-bond acceptors (Lipinski definition) is 6. The van der Waals surface area contributed by atoms with Gasteiger partial charge in [0, 0.05) is 19.3 Å². The first kappa shape index (κ1) is 54.6. The van der Waals surface area contributed by atoms with Crippen molar-refractivity contribution in [1.29, 1.82) is 0 Å². The van der Waals surface area contributed by atoms with E-state index in [1.165, 1.54) is 57.8 Å². The molecule has 0 rings (SSSR count). The Balaban J connectivity index is 4.43. The van der Waals surface area contributed by atoms with Crippen LogP contribution in [0.15, 0.2) is 85.1 Å².